The normalized spacial score (nSPS) is 23.6. The van der Waals surface area contributed by atoms with Crippen molar-refractivity contribution in [3.8, 4) is 0 Å². The first-order valence-electron chi connectivity index (χ1n) is 6.85. The third-order valence-electron chi connectivity index (χ3n) is 4.17. The molecule has 0 spiro atoms. The molecule has 4 heteroatoms. The number of imidazole rings is 1. The molecule has 4 nitrogen and oxygen atoms in total. The monoisotopic (exact) mass is 258 g/mol. The minimum Gasteiger partial charge on any atom is -0.481 e. The highest BCUT2D eigenvalue weighted by atomic mass is 16.4. The largest absolute Gasteiger partial charge is 0.481 e. The molecule has 0 amide bonds. The van der Waals surface area contributed by atoms with Crippen molar-refractivity contribution in [2.75, 3.05) is 0 Å². The highest BCUT2D eigenvalue weighted by molar-refractivity contribution is 5.79. The highest BCUT2D eigenvalue weighted by Crippen LogP contribution is 2.37. The van der Waals surface area contributed by atoms with E-state index in [2.05, 4.69) is 9.97 Å². The van der Waals surface area contributed by atoms with E-state index < -0.39 is 5.97 Å². The van der Waals surface area contributed by atoms with Crippen LogP contribution in [0.5, 0.6) is 0 Å². The molecule has 0 bridgehead atoms. The Morgan fingerprint density at radius 3 is 2.89 bits per heavy atom. The van der Waals surface area contributed by atoms with Crippen LogP contribution in [0.3, 0.4) is 0 Å². The van der Waals surface area contributed by atoms with Gasteiger partial charge in [-0.1, -0.05) is 25.0 Å². The molecule has 1 saturated carbocycles. The molecule has 100 valence electrons. The Labute approximate surface area is 111 Å². The fourth-order valence-corrected chi connectivity index (χ4v) is 3.12. The van der Waals surface area contributed by atoms with Gasteiger partial charge in [0.05, 0.1) is 17.0 Å². The number of aromatic nitrogens is 2. The van der Waals surface area contributed by atoms with E-state index in [0.29, 0.717) is 0 Å². The van der Waals surface area contributed by atoms with E-state index in [9.17, 15) is 9.90 Å². The number of carbonyl (C=O) groups is 1. The minimum atomic E-state index is -0.693. The van der Waals surface area contributed by atoms with Crippen molar-refractivity contribution in [3.05, 3.63) is 29.6 Å². The molecule has 0 saturated heterocycles. The Balaban J connectivity index is 2.02. The van der Waals surface area contributed by atoms with Gasteiger partial charge in [0.2, 0.25) is 0 Å². The van der Waals surface area contributed by atoms with Gasteiger partial charge in [-0.2, -0.15) is 0 Å². The first-order chi connectivity index (χ1) is 9.16. The summed E-state index contributed by atoms with van der Waals surface area (Å²) in [6, 6.07) is 6.02. The average Bonchev–Trinajstić information content (AvgIpc) is 2.84. The SMILES string of the molecule is Cc1cccc2[nH]c(C3CCCCC3C(=O)O)nc12. The van der Waals surface area contributed by atoms with Crippen molar-refractivity contribution in [1.82, 2.24) is 9.97 Å². The molecule has 3 rings (SSSR count). The number of aromatic amines is 1. The first-order valence-corrected chi connectivity index (χ1v) is 6.85. The van der Waals surface area contributed by atoms with Crippen LogP contribution >= 0.6 is 0 Å². The van der Waals surface area contributed by atoms with Crippen LogP contribution in [-0.2, 0) is 4.79 Å². The predicted octanol–water partition coefficient (Wildman–Crippen LogP) is 3.23. The van der Waals surface area contributed by atoms with E-state index in [1.165, 1.54) is 0 Å². The van der Waals surface area contributed by atoms with Crippen molar-refractivity contribution >= 4 is 17.0 Å². The number of nitrogens with zero attached hydrogens (tertiary/aromatic N) is 1. The van der Waals surface area contributed by atoms with Gasteiger partial charge in [0, 0.05) is 5.92 Å². The summed E-state index contributed by atoms with van der Waals surface area (Å²) < 4.78 is 0. The molecule has 2 atom stereocenters. The zero-order valence-corrected chi connectivity index (χ0v) is 11.0. The van der Waals surface area contributed by atoms with Gasteiger partial charge in [-0.15, -0.1) is 0 Å². The number of para-hydroxylation sites is 1. The quantitative estimate of drug-likeness (QED) is 0.869. The summed E-state index contributed by atoms with van der Waals surface area (Å²) >= 11 is 0. The number of aryl methyl sites for hydroxylation is 1. The van der Waals surface area contributed by atoms with E-state index in [-0.39, 0.29) is 11.8 Å². The molecule has 0 radical (unpaired) electrons. The molecule has 1 aliphatic rings. The second-order valence-electron chi connectivity index (χ2n) is 5.43. The molecular weight excluding hydrogens is 240 g/mol. The number of benzene rings is 1. The number of hydrogen-bond acceptors (Lipinski definition) is 2. The minimum absolute atomic E-state index is 0.0260. The average molecular weight is 258 g/mol. The van der Waals surface area contributed by atoms with E-state index in [1.54, 1.807) is 0 Å². The number of H-pyrrole nitrogens is 1. The van der Waals surface area contributed by atoms with Crippen LogP contribution < -0.4 is 0 Å². The molecule has 0 aliphatic heterocycles. The van der Waals surface area contributed by atoms with Crippen LogP contribution in [0.1, 0.15) is 43.0 Å². The molecule has 2 unspecified atom stereocenters. The fraction of sp³-hybridized carbons (Fsp3) is 0.467. The van der Waals surface area contributed by atoms with E-state index in [0.717, 1.165) is 48.1 Å². The Bertz CT molecular complexity index is 618. The summed E-state index contributed by atoms with van der Waals surface area (Å²) in [6.07, 6.45) is 3.77. The maximum absolute atomic E-state index is 11.4. The summed E-state index contributed by atoms with van der Waals surface area (Å²) in [5.41, 5.74) is 3.10. The zero-order valence-electron chi connectivity index (χ0n) is 11.0. The standard InChI is InChI=1S/C15H18N2O2/c1-9-5-4-8-12-13(9)17-14(16-12)10-6-2-3-7-11(10)15(18)19/h4-5,8,10-11H,2-3,6-7H2,1H3,(H,16,17)(H,18,19). The Morgan fingerprint density at radius 2 is 2.16 bits per heavy atom. The third-order valence-corrected chi connectivity index (χ3v) is 4.17. The Kier molecular flexibility index (Phi) is 3.01. The summed E-state index contributed by atoms with van der Waals surface area (Å²) in [7, 11) is 0. The smallest absolute Gasteiger partial charge is 0.307 e. The van der Waals surface area contributed by atoms with Gasteiger partial charge in [-0.25, -0.2) is 4.98 Å². The molecule has 19 heavy (non-hydrogen) atoms. The lowest BCUT2D eigenvalue weighted by Crippen LogP contribution is -2.26. The summed E-state index contributed by atoms with van der Waals surface area (Å²) in [6.45, 7) is 2.03. The van der Waals surface area contributed by atoms with E-state index in [1.807, 2.05) is 25.1 Å². The highest BCUT2D eigenvalue weighted by Gasteiger charge is 2.33. The van der Waals surface area contributed by atoms with Crippen molar-refractivity contribution < 1.29 is 9.90 Å². The van der Waals surface area contributed by atoms with Crippen molar-refractivity contribution in [2.24, 2.45) is 5.92 Å². The summed E-state index contributed by atoms with van der Waals surface area (Å²) in [5.74, 6) is -0.119. The second kappa shape index (κ2) is 4.68. The van der Waals surface area contributed by atoms with Crippen LogP contribution in [-0.4, -0.2) is 21.0 Å². The first kappa shape index (κ1) is 12.2. The molecule has 2 N–H and O–H groups in total. The lowest BCUT2D eigenvalue weighted by molar-refractivity contribution is -0.143. The third kappa shape index (κ3) is 2.11. The molecular formula is C15H18N2O2. The van der Waals surface area contributed by atoms with Crippen molar-refractivity contribution in [3.63, 3.8) is 0 Å². The number of rotatable bonds is 2. The van der Waals surface area contributed by atoms with Gasteiger partial charge in [0.25, 0.3) is 0 Å². The fourth-order valence-electron chi connectivity index (χ4n) is 3.12. The van der Waals surface area contributed by atoms with Gasteiger partial charge in [-0.05, 0) is 31.4 Å². The number of aliphatic carboxylic acids is 1. The molecule has 1 aromatic carbocycles. The van der Waals surface area contributed by atoms with Crippen LogP contribution in [0, 0.1) is 12.8 Å². The van der Waals surface area contributed by atoms with Gasteiger partial charge < -0.3 is 10.1 Å². The molecule has 2 aromatic rings. The van der Waals surface area contributed by atoms with Gasteiger partial charge in [0.15, 0.2) is 0 Å². The maximum atomic E-state index is 11.4. The summed E-state index contributed by atoms with van der Waals surface area (Å²) in [4.78, 5) is 19.3. The lowest BCUT2D eigenvalue weighted by Gasteiger charge is -2.26. The summed E-state index contributed by atoms with van der Waals surface area (Å²) in [5, 5.41) is 9.36. The topological polar surface area (TPSA) is 66.0 Å². The van der Waals surface area contributed by atoms with Gasteiger partial charge in [-0.3, -0.25) is 4.79 Å². The van der Waals surface area contributed by atoms with E-state index >= 15 is 0 Å². The number of carboxylic acid groups (broad SMARTS) is 1. The Morgan fingerprint density at radius 1 is 1.37 bits per heavy atom. The van der Waals surface area contributed by atoms with Crippen molar-refractivity contribution in [1.29, 1.82) is 0 Å². The van der Waals surface area contributed by atoms with Crippen LogP contribution in [0.25, 0.3) is 11.0 Å². The maximum Gasteiger partial charge on any atom is 0.307 e. The van der Waals surface area contributed by atoms with Crippen LogP contribution in [0.4, 0.5) is 0 Å². The molecule has 1 aromatic heterocycles. The number of nitrogens with one attached hydrogen (secondary N) is 1. The van der Waals surface area contributed by atoms with Gasteiger partial charge in [0.1, 0.15) is 5.82 Å². The number of carboxylic acids is 1. The number of fused-ring (bicyclic) bond motifs is 1. The zero-order chi connectivity index (χ0) is 13.4. The number of hydrogen-bond donors (Lipinski definition) is 2. The molecule has 1 aliphatic carbocycles. The van der Waals surface area contributed by atoms with Gasteiger partial charge >= 0.3 is 5.97 Å². The van der Waals surface area contributed by atoms with Crippen LogP contribution in [0.2, 0.25) is 0 Å². The molecule has 1 fully saturated rings. The predicted molar refractivity (Wildman–Crippen MR) is 73.2 cm³/mol. The van der Waals surface area contributed by atoms with E-state index in [4.69, 9.17) is 0 Å². The van der Waals surface area contributed by atoms with Crippen molar-refractivity contribution in [2.45, 2.75) is 38.5 Å². The molecule has 1 heterocycles. The second-order valence-corrected chi connectivity index (χ2v) is 5.43. The Hall–Kier alpha value is -1.84. The van der Waals surface area contributed by atoms with Crippen LogP contribution in [0.15, 0.2) is 18.2 Å². The lowest BCUT2D eigenvalue weighted by atomic mass is 9.79.